The normalized spacial score (nSPS) is 11.0. The van der Waals surface area contributed by atoms with Crippen molar-refractivity contribution in [2.45, 2.75) is 19.9 Å². The summed E-state index contributed by atoms with van der Waals surface area (Å²) in [5.74, 6) is 0.882. The third-order valence-corrected chi connectivity index (χ3v) is 4.14. The quantitative estimate of drug-likeness (QED) is 0.491. The number of anilines is 3. The SMILES string of the molecule is CC(C)Nc1nc(Nc2ccccc2)nc2ccc(-c3ccc(F)cc3)nc12. The number of rotatable bonds is 5. The second-order valence-corrected chi connectivity index (χ2v) is 6.76. The van der Waals surface area contributed by atoms with Gasteiger partial charge in [0.15, 0.2) is 5.82 Å². The number of fused-ring (bicyclic) bond motifs is 1. The first-order valence-corrected chi connectivity index (χ1v) is 9.12. The van der Waals surface area contributed by atoms with Crippen LogP contribution in [0.5, 0.6) is 0 Å². The minimum atomic E-state index is -0.272. The van der Waals surface area contributed by atoms with Crippen LogP contribution in [0.2, 0.25) is 0 Å². The molecule has 0 spiro atoms. The predicted molar refractivity (Wildman–Crippen MR) is 111 cm³/mol. The van der Waals surface area contributed by atoms with Crippen LogP contribution < -0.4 is 10.6 Å². The lowest BCUT2D eigenvalue weighted by molar-refractivity contribution is 0.628. The van der Waals surface area contributed by atoms with Crippen molar-refractivity contribution in [1.29, 1.82) is 0 Å². The molecule has 2 heterocycles. The number of para-hydroxylation sites is 1. The van der Waals surface area contributed by atoms with Gasteiger partial charge in [-0.2, -0.15) is 4.98 Å². The first kappa shape index (κ1) is 17.9. The molecule has 0 atom stereocenters. The van der Waals surface area contributed by atoms with Gasteiger partial charge >= 0.3 is 0 Å². The molecule has 28 heavy (non-hydrogen) atoms. The first-order chi connectivity index (χ1) is 13.6. The standard InChI is InChI=1S/C22H20FN5/c1-14(2)24-21-20-19(27-22(28-21)25-17-6-4-3-5-7-17)13-12-18(26-20)15-8-10-16(23)11-9-15/h3-14H,1-2H3,(H2,24,25,27,28). The highest BCUT2D eigenvalue weighted by Crippen LogP contribution is 2.26. The lowest BCUT2D eigenvalue weighted by atomic mass is 10.1. The zero-order valence-electron chi connectivity index (χ0n) is 15.6. The van der Waals surface area contributed by atoms with E-state index >= 15 is 0 Å². The smallest absolute Gasteiger partial charge is 0.229 e. The van der Waals surface area contributed by atoms with Crippen LogP contribution in [0.25, 0.3) is 22.3 Å². The molecule has 0 saturated carbocycles. The lowest BCUT2D eigenvalue weighted by Gasteiger charge is -2.14. The predicted octanol–water partition coefficient (Wildman–Crippen LogP) is 5.39. The van der Waals surface area contributed by atoms with Gasteiger partial charge in [0, 0.05) is 17.3 Å². The summed E-state index contributed by atoms with van der Waals surface area (Å²) in [4.78, 5) is 14.0. The van der Waals surface area contributed by atoms with Crippen molar-refractivity contribution < 1.29 is 4.39 Å². The molecule has 6 heteroatoms. The fourth-order valence-corrected chi connectivity index (χ4v) is 2.88. The fraction of sp³-hybridized carbons (Fsp3) is 0.136. The van der Waals surface area contributed by atoms with Gasteiger partial charge < -0.3 is 10.6 Å². The number of benzene rings is 2. The van der Waals surface area contributed by atoms with E-state index in [9.17, 15) is 4.39 Å². The number of nitrogens with one attached hydrogen (secondary N) is 2. The molecule has 0 aliphatic carbocycles. The van der Waals surface area contributed by atoms with Crippen LogP contribution in [0.4, 0.5) is 21.8 Å². The molecule has 0 bridgehead atoms. The molecule has 0 aliphatic heterocycles. The largest absolute Gasteiger partial charge is 0.366 e. The van der Waals surface area contributed by atoms with Crippen LogP contribution >= 0.6 is 0 Å². The molecular formula is C22H20FN5. The van der Waals surface area contributed by atoms with E-state index in [1.165, 1.54) is 12.1 Å². The Kier molecular flexibility index (Phi) is 4.85. The summed E-state index contributed by atoms with van der Waals surface area (Å²) in [6, 6.07) is 20.0. The summed E-state index contributed by atoms with van der Waals surface area (Å²) in [5, 5.41) is 6.58. The van der Waals surface area contributed by atoms with Gasteiger partial charge in [-0.15, -0.1) is 0 Å². The first-order valence-electron chi connectivity index (χ1n) is 9.12. The van der Waals surface area contributed by atoms with E-state index in [-0.39, 0.29) is 11.9 Å². The Labute approximate surface area is 162 Å². The zero-order chi connectivity index (χ0) is 19.5. The van der Waals surface area contributed by atoms with Crippen molar-refractivity contribution >= 4 is 28.5 Å². The molecule has 0 aliphatic rings. The topological polar surface area (TPSA) is 62.7 Å². The second-order valence-electron chi connectivity index (χ2n) is 6.76. The Hall–Kier alpha value is -3.54. The van der Waals surface area contributed by atoms with Gasteiger partial charge in [-0.25, -0.2) is 14.4 Å². The van der Waals surface area contributed by atoms with E-state index in [1.54, 1.807) is 12.1 Å². The highest BCUT2D eigenvalue weighted by atomic mass is 19.1. The number of aromatic nitrogens is 3. The maximum Gasteiger partial charge on any atom is 0.229 e. The maximum atomic E-state index is 13.2. The molecule has 0 saturated heterocycles. The van der Waals surface area contributed by atoms with E-state index in [4.69, 9.17) is 4.98 Å². The molecule has 2 aromatic carbocycles. The highest BCUT2D eigenvalue weighted by Gasteiger charge is 2.12. The van der Waals surface area contributed by atoms with Gasteiger partial charge in [0.2, 0.25) is 5.95 Å². The van der Waals surface area contributed by atoms with Crippen molar-refractivity contribution in [3.05, 3.63) is 72.5 Å². The summed E-state index contributed by atoms with van der Waals surface area (Å²) in [7, 11) is 0. The molecule has 2 N–H and O–H groups in total. The van der Waals surface area contributed by atoms with Gasteiger partial charge in [0.25, 0.3) is 0 Å². The molecule has 4 aromatic rings. The van der Waals surface area contributed by atoms with Gasteiger partial charge in [0.05, 0.1) is 11.2 Å². The molecule has 0 amide bonds. The Morgan fingerprint density at radius 3 is 2.29 bits per heavy atom. The van der Waals surface area contributed by atoms with Crippen molar-refractivity contribution in [2.24, 2.45) is 0 Å². The minimum absolute atomic E-state index is 0.180. The third-order valence-electron chi connectivity index (χ3n) is 4.14. The van der Waals surface area contributed by atoms with Gasteiger partial charge in [-0.05, 0) is 62.4 Å². The monoisotopic (exact) mass is 373 g/mol. The number of halogens is 1. The third kappa shape index (κ3) is 3.91. The van der Waals surface area contributed by atoms with Crippen LogP contribution in [-0.4, -0.2) is 21.0 Å². The lowest BCUT2D eigenvalue weighted by Crippen LogP contribution is -2.13. The van der Waals surface area contributed by atoms with Crippen LogP contribution in [-0.2, 0) is 0 Å². The van der Waals surface area contributed by atoms with Gasteiger partial charge in [0.1, 0.15) is 11.3 Å². The molecule has 5 nitrogen and oxygen atoms in total. The number of pyridine rings is 1. The number of nitrogens with zero attached hydrogens (tertiary/aromatic N) is 3. The average molecular weight is 373 g/mol. The van der Waals surface area contributed by atoms with Crippen molar-refractivity contribution in [1.82, 2.24) is 15.0 Å². The van der Waals surface area contributed by atoms with Gasteiger partial charge in [-0.3, -0.25) is 0 Å². The molecule has 4 rings (SSSR count). The Balaban J connectivity index is 1.79. The summed E-state index contributed by atoms with van der Waals surface area (Å²) in [5.41, 5.74) is 3.89. The second kappa shape index (κ2) is 7.60. The van der Waals surface area contributed by atoms with Crippen LogP contribution in [0.1, 0.15) is 13.8 Å². The number of hydrogen-bond donors (Lipinski definition) is 2. The Bertz CT molecular complexity index is 1100. The molecular weight excluding hydrogens is 353 g/mol. The van der Waals surface area contributed by atoms with E-state index in [1.807, 2.05) is 56.3 Å². The Morgan fingerprint density at radius 2 is 1.57 bits per heavy atom. The molecule has 0 unspecified atom stereocenters. The van der Waals surface area contributed by atoms with Crippen molar-refractivity contribution in [2.75, 3.05) is 10.6 Å². The number of hydrogen-bond acceptors (Lipinski definition) is 5. The average Bonchev–Trinajstić information content (AvgIpc) is 2.69. The van der Waals surface area contributed by atoms with Crippen molar-refractivity contribution in [3.8, 4) is 11.3 Å². The van der Waals surface area contributed by atoms with E-state index in [0.717, 1.165) is 22.5 Å². The van der Waals surface area contributed by atoms with E-state index in [2.05, 4.69) is 20.6 Å². The van der Waals surface area contributed by atoms with Crippen LogP contribution in [0.15, 0.2) is 66.7 Å². The zero-order valence-corrected chi connectivity index (χ0v) is 15.6. The Morgan fingerprint density at radius 1 is 0.821 bits per heavy atom. The summed E-state index contributed by atoms with van der Waals surface area (Å²) in [6.07, 6.45) is 0. The minimum Gasteiger partial charge on any atom is -0.366 e. The molecule has 0 radical (unpaired) electrons. The summed E-state index contributed by atoms with van der Waals surface area (Å²) in [6.45, 7) is 4.09. The fourth-order valence-electron chi connectivity index (χ4n) is 2.88. The van der Waals surface area contributed by atoms with Crippen LogP contribution in [0.3, 0.4) is 0 Å². The molecule has 140 valence electrons. The summed E-state index contributed by atoms with van der Waals surface area (Å²) >= 11 is 0. The van der Waals surface area contributed by atoms with Crippen molar-refractivity contribution in [3.63, 3.8) is 0 Å². The summed E-state index contributed by atoms with van der Waals surface area (Å²) < 4.78 is 13.2. The molecule has 2 aromatic heterocycles. The van der Waals surface area contributed by atoms with Crippen LogP contribution in [0, 0.1) is 5.82 Å². The highest BCUT2D eigenvalue weighted by molar-refractivity contribution is 5.88. The van der Waals surface area contributed by atoms with Gasteiger partial charge in [-0.1, -0.05) is 18.2 Å². The maximum absolute atomic E-state index is 13.2. The molecule has 0 fully saturated rings. The van der Waals surface area contributed by atoms with E-state index in [0.29, 0.717) is 17.3 Å². The van der Waals surface area contributed by atoms with E-state index < -0.39 is 0 Å².